The second kappa shape index (κ2) is 6.89. The minimum atomic E-state index is -0.416. The zero-order chi connectivity index (χ0) is 15.4. The lowest BCUT2D eigenvalue weighted by molar-refractivity contribution is -0.00922. The van der Waals surface area contributed by atoms with Gasteiger partial charge < -0.3 is 15.7 Å². The van der Waals surface area contributed by atoms with Crippen LogP contribution in [0, 0.1) is 17.7 Å². The van der Waals surface area contributed by atoms with Gasteiger partial charge in [-0.15, -0.1) is 0 Å². The predicted molar refractivity (Wildman–Crippen MR) is 79.7 cm³/mol. The number of amidine groups is 1. The Morgan fingerprint density at radius 1 is 1.33 bits per heavy atom. The molecule has 0 heterocycles. The van der Waals surface area contributed by atoms with Crippen LogP contribution in [-0.2, 0) is 11.3 Å². The first-order valence-electron chi connectivity index (χ1n) is 7.37. The molecule has 21 heavy (non-hydrogen) atoms. The molecular weight excluding hydrogens is 271 g/mol. The third kappa shape index (κ3) is 4.17. The Kier molecular flexibility index (Phi) is 5.17. The number of nitrogens with two attached hydrogens (primary N) is 1. The maximum atomic E-state index is 13.3. The lowest BCUT2D eigenvalue weighted by atomic mass is 9.82. The minimum Gasteiger partial charge on any atom is -0.409 e. The van der Waals surface area contributed by atoms with Crippen LogP contribution >= 0.6 is 0 Å². The van der Waals surface area contributed by atoms with Gasteiger partial charge in [0.1, 0.15) is 5.82 Å². The zero-order valence-electron chi connectivity index (χ0n) is 12.6. The average Bonchev–Trinajstić information content (AvgIpc) is 2.44. The second-order valence-electron chi connectivity index (χ2n) is 6.14. The molecule has 1 aromatic rings. The molecule has 0 amide bonds. The van der Waals surface area contributed by atoms with Crippen LogP contribution < -0.4 is 5.73 Å². The van der Waals surface area contributed by atoms with Crippen molar-refractivity contribution in [2.45, 2.75) is 45.8 Å². The van der Waals surface area contributed by atoms with E-state index in [1.807, 2.05) is 0 Å². The van der Waals surface area contributed by atoms with Crippen molar-refractivity contribution in [2.75, 3.05) is 0 Å². The molecule has 1 aliphatic rings. The summed E-state index contributed by atoms with van der Waals surface area (Å²) < 4.78 is 19.3. The summed E-state index contributed by atoms with van der Waals surface area (Å²) in [4.78, 5) is 0. The van der Waals surface area contributed by atoms with Gasteiger partial charge in [0, 0.05) is 5.56 Å². The summed E-state index contributed by atoms with van der Waals surface area (Å²) in [6.45, 7) is 4.83. The molecule has 116 valence electrons. The highest BCUT2D eigenvalue weighted by atomic mass is 19.1. The van der Waals surface area contributed by atoms with Crippen LogP contribution in [-0.4, -0.2) is 17.1 Å². The number of benzene rings is 1. The highest BCUT2D eigenvalue weighted by molar-refractivity contribution is 5.98. The van der Waals surface area contributed by atoms with Gasteiger partial charge in [0.15, 0.2) is 5.84 Å². The lowest BCUT2D eigenvalue weighted by Crippen LogP contribution is -2.26. The van der Waals surface area contributed by atoms with E-state index in [-0.39, 0.29) is 11.9 Å². The zero-order valence-corrected chi connectivity index (χ0v) is 12.6. The van der Waals surface area contributed by atoms with E-state index in [1.165, 1.54) is 18.6 Å². The topological polar surface area (TPSA) is 67.8 Å². The fourth-order valence-electron chi connectivity index (χ4n) is 3.18. The van der Waals surface area contributed by atoms with Crippen LogP contribution in [0.5, 0.6) is 0 Å². The SMILES string of the molecule is CC1CC(C)CC(OCc2ccc(F)cc2C(N)=NO)C1. The Labute approximate surface area is 124 Å². The van der Waals surface area contributed by atoms with E-state index in [2.05, 4.69) is 19.0 Å². The molecule has 0 spiro atoms. The van der Waals surface area contributed by atoms with Crippen LogP contribution in [0.15, 0.2) is 23.4 Å². The van der Waals surface area contributed by atoms with Crippen molar-refractivity contribution >= 4 is 5.84 Å². The number of oxime groups is 1. The summed E-state index contributed by atoms with van der Waals surface area (Å²) in [6.07, 6.45) is 3.55. The first kappa shape index (κ1) is 15.8. The molecule has 2 unspecified atom stereocenters. The maximum Gasteiger partial charge on any atom is 0.170 e. The fraction of sp³-hybridized carbons (Fsp3) is 0.562. The lowest BCUT2D eigenvalue weighted by Gasteiger charge is -2.31. The van der Waals surface area contributed by atoms with Crippen LogP contribution in [0.25, 0.3) is 0 Å². The standard InChI is InChI=1S/C16H23FN2O2/c1-10-5-11(2)7-14(6-10)21-9-12-3-4-13(17)8-15(12)16(18)19-20/h3-4,8,10-11,14,20H,5-7,9H2,1-2H3,(H2,18,19). The van der Waals surface area contributed by atoms with E-state index < -0.39 is 5.82 Å². The number of halogens is 1. The maximum absolute atomic E-state index is 13.3. The van der Waals surface area contributed by atoms with Gasteiger partial charge in [0.05, 0.1) is 12.7 Å². The van der Waals surface area contributed by atoms with Crippen molar-refractivity contribution in [3.05, 3.63) is 35.1 Å². The summed E-state index contributed by atoms with van der Waals surface area (Å²) in [5.41, 5.74) is 6.71. The van der Waals surface area contributed by atoms with Crippen molar-refractivity contribution in [2.24, 2.45) is 22.7 Å². The number of hydrogen-bond donors (Lipinski definition) is 2. The van der Waals surface area contributed by atoms with E-state index in [4.69, 9.17) is 15.7 Å². The summed E-state index contributed by atoms with van der Waals surface area (Å²) in [5.74, 6) is 0.810. The van der Waals surface area contributed by atoms with Gasteiger partial charge in [-0.25, -0.2) is 4.39 Å². The van der Waals surface area contributed by atoms with Gasteiger partial charge in [-0.05, 0) is 48.8 Å². The molecule has 0 bridgehead atoms. The van der Waals surface area contributed by atoms with Crippen molar-refractivity contribution in [3.8, 4) is 0 Å². The molecule has 0 radical (unpaired) electrons. The number of nitrogens with zero attached hydrogens (tertiary/aromatic N) is 1. The summed E-state index contributed by atoms with van der Waals surface area (Å²) >= 11 is 0. The van der Waals surface area contributed by atoms with Gasteiger partial charge in [0.25, 0.3) is 0 Å². The molecule has 4 nitrogen and oxygen atoms in total. The summed E-state index contributed by atoms with van der Waals surface area (Å²) in [5, 5.41) is 11.7. The van der Waals surface area contributed by atoms with E-state index in [0.717, 1.165) is 18.4 Å². The highest BCUT2D eigenvalue weighted by Crippen LogP contribution is 2.31. The molecule has 0 saturated heterocycles. The average molecular weight is 294 g/mol. The Morgan fingerprint density at radius 2 is 2.00 bits per heavy atom. The normalized spacial score (nSPS) is 26.8. The van der Waals surface area contributed by atoms with Crippen LogP contribution in [0.4, 0.5) is 4.39 Å². The third-order valence-electron chi connectivity index (χ3n) is 4.07. The van der Waals surface area contributed by atoms with Crippen molar-refractivity contribution in [1.29, 1.82) is 0 Å². The first-order valence-corrected chi connectivity index (χ1v) is 7.37. The molecule has 0 aliphatic heterocycles. The molecule has 1 fully saturated rings. The van der Waals surface area contributed by atoms with Crippen molar-refractivity contribution in [1.82, 2.24) is 0 Å². The molecule has 1 aromatic carbocycles. The van der Waals surface area contributed by atoms with E-state index in [1.54, 1.807) is 6.07 Å². The van der Waals surface area contributed by atoms with Crippen LogP contribution in [0.2, 0.25) is 0 Å². The molecule has 2 atom stereocenters. The van der Waals surface area contributed by atoms with Crippen molar-refractivity contribution in [3.63, 3.8) is 0 Å². The van der Waals surface area contributed by atoms with E-state index >= 15 is 0 Å². The Hall–Kier alpha value is -1.62. The molecule has 2 rings (SSSR count). The molecule has 5 heteroatoms. The Morgan fingerprint density at radius 3 is 2.62 bits per heavy atom. The molecule has 1 saturated carbocycles. The van der Waals surface area contributed by atoms with Crippen LogP contribution in [0.3, 0.4) is 0 Å². The molecule has 0 aromatic heterocycles. The van der Waals surface area contributed by atoms with Gasteiger partial charge in [0.2, 0.25) is 0 Å². The molecular formula is C16H23FN2O2. The number of hydrogen-bond acceptors (Lipinski definition) is 3. The highest BCUT2D eigenvalue weighted by Gasteiger charge is 2.24. The van der Waals surface area contributed by atoms with Gasteiger partial charge in [-0.1, -0.05) is 25.1 Å². The number of rotatable bonds is 4. The van der Waals surface area contributed by atoms with Crippen LogP contribution in [0.1, 0.15) is 44.2 Å². The van der Waals surface area contributed by atoms with E-state index in [0.29, 0.717) is 24.0 Å². The Bertz CT molecular complexity index is 509. The smallest absolute Gasteiger partial charge is 0.170 e. The quantitative estimate of drug-likeness (QED) is 0.387. The van der Waals surface area contributed by atoms with Crippen molar-refractivity contribution < 1.29 is 14.3 Å². The third-order valence-corrected chi connectivity index (χ3v) is 4.07. The van der Waals surface area contributed by atoms with Gasteiger partial charge in [-0.3, -0.25) is 0 Å². The van der Waals surface area contributed by atoms with E-state index in [9.17, 15) is 4.39 Å². The monoisotopic (exact) mass is 294 g/mol. The summed E-state index contributed by atoms with van der Waals surface area (Å²) in [7, 11) is 0. The molecule has 3 N–H and O–H groups in total. The predicted octanol–water partition coefficient (Wildman–Crippen LogP) is 3.26. The molecule has 1 aliphatic carbocycles. The Balaban J connectivity index is 2.06. The van der Waals surface area contributed by atoms with Gasteiger partial charge >= 0.3 is 0 Å². The second-order valence-corrected chi connectivity index (χ2v) is 6.14. The largest absolute Gasteiger partial charge is 0.409 e. The fourth-order valence-corrected chi connectivity index (χ4v) is 3.18. The minimum absolute atomic E-state index is 0.0986. The number of ether oxygens (including phenoxy) is 1. The first-order chi connectivity index (χ1) is 9.99. The summed E-state index contributed by atoms with van der Waals surface area (Å²) in [6, 6.07) is 4.25. The van der Waals surface area contributed by atoms with Gasteiger partial charge in [-0.2, -0.15) is 0 Å².